The summed E-state index contributed by atoms with van der Waals surface area (Å²) >= 11 is 6.08. The molecule has 0 aliphatic heterocycles. The zero-order chi connectivity index (χ0) is 20.7. The normalized spacial score (nSPS) is 12.3. The number of nitrogens with zero attached hydrogens (tertiary/aromatic N) is 3. The van der Waals surface area contributed by atoms with Gasteiger partial charge in [0.2, 0.25) is 5.91 Å². The molecule has 28 heavy (non-hydrogen) atoms. The number of aromatic nitrogens is 2. The number of fused-ring (bicyclic) bond motifs is 1. The number of hydrogen-bond donors (Lipinski definition) is 1. The second kappa shape index (κ2) is 10.6. The summed E-state index contributed by atoms with van der Waals surface area (Å²) in [5.74, 6) is 0.667. The van der Waals surface area contributed by atoms with Gasteiger partial charge in [-0.05, 0) is 50.9 Å². The van der Waals surface area contributed by atoms with Gasteiger partial charge < -0.3 is 10.6 Å². The van der Waals surface area contributed by atoms with Gasteiger partial charge in [0.05, 0.1) is 16.9 Å². The molecule has 0 spiro atoms. The molecule has 1 aromatic carbocycles. The lowest BCUT2D eigenvalue weighted by atomic mass is 10.1. The van der Waals surface area contributed by atoms with E-state index in [0.717, 1.165) is 32.1 Å². The molecule has 1 aromatic heterocycles. The number of benzene rings is 1. The maximum absolute atomic E-state index is 12.8. The van der Waals surface area contributed by atoms with Crippen LogP contribution in [-0.4, -0.2) is 33.4 Å². The van der Waals surface area contributed by atoms with Crippen LogP contribution in [0.1, 0.15) is 64.2 Å². The zero-order valence-electron chi connectivity index (χ0n) is 17.1. The lowest BCUT2D eigenvalue weighted by molar-refractivity contribution is -0.133. The van der Waals surface area contributed by atoms with Crippen molar-refractivity contribution in [1.82, 2.24) is 14.5 Å². The number of hydrogen-bond acceptors (Lipinski definition) is 4. The standard InChI is InChI=1S/C21H31ClN4O2/c1-4-9-19(27)26(13-8-6-5-7-12-23)15(2)20-24-18-14-16(22)10-11-17(18)21(28)25(20)3/h10-11,14-15H,4-9,12-13,23H2,1-3H3/t15-/m0/s1. The van der Waals surface area contributed by atoms with Crippen molar-refractivity contribution >= 4 is 28.4 Å². The summed E-state index contributed by atoms with van der Waals surface area (Å²) in [6.45, 7) is 5.27. The molecule has 0 radical (unpaired) electrons. The van der Waals surface area contributed by atoms with Crippen LogP contribution in [0.2, 0.25) is 5.02 Å². The number of amides is 1. The first kappa shape index (κ1) is 22.4. The van der Waals surface area contributed by atoms with E-state index in [4.69, 9.17) is 17.3 Å². The Morgan fingerprint density at radius 2 is 2.00 bits per heavy atom. The Labute approximate surface area is 171 Å². The van der Waals surface area contributed by atoms with Crippen molar-refractivity contribution < 1.29 is 4.79 Å². The molecular weight excluding hydrogens is 376 g/mol. The van der Waals surface area contributed by atoms with Gasteiger partial charge in [-0.2, -0.15) is 0 Å². The third-order valence-electron chi connectivity index (χ3n) is 5.05. The van der Waals surface area contributed by atoms with Crippen molar-refractivity contribution in [2.24, 2.45) is 12.8 Å². The van der Waals surface area contributed by atoms with Crippen LogP contribution in [0.25, 0.3) is 10.9 Å². The first-order valence-corrected chi connectivity index (χ1v) is 10.4. The molecule has 1 atom stereocenters. The Bertz CT molecular complexity index is 865. The number of carbonyl (C=O) groups excluding carboxylic acids is 1. The highest BCUT2D eigenvalue weighted by atomic mass is 35.5. The Hall–Kier alpha value is -1.92. The molecular formula is C21H31ClN4O2. The van der Waals surface area contributed by atoms with Gasteiger partial charge in [-0.1, -0.05) is 31.4 Å². The Morgan fingerprint density at radius 3 is 2.68 bits per heavy atom. The monoisotopic (exact) mass is 406 g/mol. The highest BCUT2D eigenvalue weighted by molar-refractivity contribution is 6.31. The predicted octanol–water partition coefficient (Wildman–Crippen LogP) is 3.80. The molecule has 2 rings (SSSR count). The minimum atomic E-state index is -0.297. The van der Waals surface area contributed by atoms with Gasteiger partial charge in [0.15, 0.2) is 0 Å². The molecule has 2 N–H and O–H groups in total. The van der Waals surface area contributed by atoms with Crippen molar-refractivity contribution in [3.05, 3.63) is 39.4 Å². The van der Waals surface area contributed by atoms with Gasteiger partial charge >= 0.3 is 0 Å². The fourth-order valence-electron chi connectivity index (χ4n) is 3.45. The van der Waals surface area contributed by atoms with Gasteiger partial charge in [-0.25, -0.2) is 4.98 Å². The molecule has 0 fully saturated rings. The van der Waals surface area contributed by atoms with Gasteiger partial charge in [0, 0.05) is 25.0 Å². The summed E-state index contributed by atoms with van der Waals surface area (Å²) in [4.78, 5) is 32.1. The lowest BCUT2D eigenvalue weighted by Crippen LogP contribution is -2.37. The van der Waals surface area contributed by atoms with Crippen molar-refractivity contribution in [3.63, 3.8) is 0 Å². The summed E-state index contributed by atoms with van der Waals surface area (Å²) in [5.41, 5.74) is 5.98. The van der Waals surface area contributed by atoms with Crippen LogP contribution < -0.4 is 11.3 Å². The summed E-state index contributed by atoms with van der Waals surface area (Å²) in [6, 6.07) is 4.78. The largest absolute Gasteiger partial charge is 0.333 e. The first-order chi connectivity index (χ1) is 13.4. The number of halogens is 1. The molecule has 0 saturated heterocycles. The third kappa shape index (κ3) is 5.32. The molecule has 0 aliphatic carbocycles. The quantitative estimate of drug-likeness (QED) is 0.608. The van der Waals surface area contributed by atoms with Crippen LogP contribution >= 0.6 is 11.6 Å². The maximum Gasteiger partial charge on any atom is 0.261 e. The fourth-order valence-corrected chi connectivity index (χ4v) is 3.61. The molecule has 6 nitrogen and oxygen atoms in total. The number of carbonyl (C=O) groups is 1. The van der Waals surface area contributed by atoms with Gasteiger partial charge in [0.1, 0.15) is 5.82 Å². The van der Waals surface area contributed by atoms with Crippen LogP contribution in [0, 0.1) is 0 Å². The Balaban J connectivity index is 2.33. The summed E-state index contributed by atoms with van der Waals surface area (Å²) < 4.78 is 1.54. The van der Waals surface area contributed by atoms with Crippen LogP contribution in [0.4, 0.5) is 0 Å². The van der Waals surface area contributed by atoms with Gasteiger partial charge in [-0.15, -0.1) is 0 Å². The third-order valence-corrected chi connectivity index (χ3v) is 5.29. The molecule has 0 unspecified atom stereocenters. The highest BCUT2D eigenvalue weighted by Gasteiger charge is 2.24. The average molecular weight is 407 g/mol. The van der Waals surface area contributed by atoms with Crippen molar-refractivity contribution in [3.8, 4) is 0 Å². The van der Waals surface area contributed by atoms with Crippen LogP contribution in [0.3, 0.4) is 0 Å². The molecule has 0 saturated carbocycles. The van der Waals surface area contributed by atoms with E-state index in [-0.39, 0.29) is 17.5 Å². The lowest BCUT2D eigenvalue weighted by Gasteiger charge is -2.30. The first-order valence-electron chi connectivity index (χ1n) is 10.1. The van der Waals surface area contributed by atoms with E-state index in [1.54, 1.807) is 29.8 Å². The van der Waals surface area contributed by atoms with Crippen LogP contribution in [0.15, 0.2) is 23.0 Å². The smallest absolute Gasteiger partial charge is 0.261 e. The van der Waals surface area contributed by atoms with E-state index in [1.807, 2.05) is 18.7 Å². The van der Waals surface area contributed by atoms with Crippen LogP contribution in [-0.2, 0) is 11.8 Å². The number of nitrogens with two attached hydrogens (primary N) is 1. The highest BCUT2D eigenvalue weighted by Crippen LogP contribution is 2.23. The van der Waals surface area contributed by atoms with Crippen molar-refractivity contribution in [1.29, 1.82) is 0 Å². The summed E-state index contributed by atoms with van der Waals surface area (Å²) in [6.07, 6.45) is 5.27. The van der Waals surface area contributed by atoms with E-state index in [0.29, 0.717) is 41.3 Å². The van der Waals surface area contributed by atoms with E-state index in [9.17, 15) is 9.59 Å². The number of rotatable bonds is 10. The maximum atomic E-state index is 12.8. The molecule has 2 aromatic rings. The predicted molar refractivity (Wildman–Crippen MR) is 115 cm³/mol. The minimum absolute atomic E-state index is 0.0919. The topological polar surface area (TPSA) is 81.2 Å². The van der Waals surface area contributed by atoms with Gasteiger partial charge in [0.25, 0.3) is 5.56 Å². The zero-order valence-corrected chi connectivity index (χ0v) is 17.8. The second-order valence-corrected chi connectivity index (χ2v) is 7.65. The molecule has 7 heteroatoms. The van der Waals surface area contributed by atoms with E-state index in [2.05, 4.69) is 4.98 Å². The van der Waals surface area contributed by atoms with Crippen LogP contribution in [0.5, 0.6) is 0 Å². The van der Waals surface area contributed by atoms with E-state index < -0.39 is 0 Å². The molecule has 154 valence electrons. The Morgan fingerprint density at radius 1 is 1.29 bits per heavy atom. The van der Waals surface area contributed by atoms with Gasteiger partial charge in [-0.3, -0.25) is 14.2 Å². The average Bonchev–Trinajstić information content (AvgIpc) is 2.67. The SMILES string of the molecule is CCCC(=O)N(CCCCCCN)[C@@H](C)c1nc2cc(Cl)ccc2c(=O)n1C. The molecule has 1 heterocycles. The molecule has 0 aliphatic rings. The van der Waals surface area contributed by atoms with Crippen molar-refractivity contribution in [2.45, 2.75) is 58.4 Å². The summed E-state index contributed by atoms with van der Waals surface area (Å²) in [7, 11) is 1.71. The number of unbranched alkanes of at least 4 members (excludes halogenated alkanes) is 3. The summed E-state index contributed by atoms with van der Waals surface area (Å²) in [5, 5.41) is 1.06. The minimum Gasteiger partial charge on any atom is -0.333 e. The second-order valence-electron chi connectivity index (χ2n) is 7.21. The fraction of sp³-hybridized carbons (Fsp3) is 0.571. The molecule has 1 amide bonds. The Kier molecular flexibility index (Phi) is 8.45. The van der Waals surface area contributed by atoms with E-state index in [1.165, 1.54) is 0 Å². The van der Waals surface area contributed by atoms with Crippen molar-refractivity contribution in [2.75, 3.05) is 13.1 Å². The van der Waals surface area contributed by atoms with E-state index >= 15 is 0 Å². The molecule has 0 bridgehead atoms.